The van der Waals surface area contributed by atoms with Crippen LogP contribution in [-0.2, 0) is 16.1 Å². The van der Waals surface area contributed by atoms with E-state index in [-0.39, 0.29) is 16.9 Å². The lowest BCUT2D eigenvalue weighted by Gasteiger charge is -2.39. The molecule has 128 valence electrons. The van der Waals surface area contributed by atoms with Gasteiger partial charge in [-0.15, -0.1) is 0 Å². The van der Waals surface area contributed by atoms with Crippen molar-refractivity contribution in [2.24, 2.45) is 5.41 Å². The third kappa shape index (κ3) is 5.05. The zero-order chi connectivity index (χ0) is 16.9. The number of nitrogens with zero attached hydrogens (tertiary/aromatic N) is 1. The summed E-state index contributed by atoms with van der Waals surface area (Å²) < 4.78 is 5.37. The van der Waals surface area contributed by atoms with E-state index in [1.54, 1.807) is 7.11 Å². The normalized spacial score (nSPS) is 18.6. The van der Waals surface area contributed by atoms with Gasteiger partial charge in [0.05, 0.1) is 5.60 Å². The Morgan fingerprint density at radius 1 is 1.26 bits per heavy atom. The number of hydrogen-bond donors (Lipinski definition) is 1. The number of methoxy groups -OCH3 is 1. The van der Waals surface area contributed by atoms with E-state index in [9.17, 15) is 4.79 Å². The Bertz CT molecular complexity index is 505. The fourth-order valence-corrected chi connectivity index (χ4v) is 2.85. The van der Waals surface area contributed by atoms with Crippen molar-refractivity contribution < 1.29 is 9.53 Å². The molecule has 1 heterocycles. The minimum Gasteiger partial charge on any atom is -0.377 e. The minimum absolute atomic E-state index is 0.155. The molecule has 2 rings (SSSR count). The Labute approximate surface area is 140 Å². The second kappa shape index (κ2) is 7.45. The predicted molar refractivity (Wildman–Crippen MR) is 93.2 cm³/mol. The van der Waals surface area contributed by atoms with Gasteiger partial charge in [0.15, 0.2) is 0 Å². The van der Waals surface area contributed by atoms with Crippen molar-refractivity contribution in [1.29, 1.82) is 0 Å². The lowest BCUT2D eigenvalue weighted by Crippen LogP contribution is -2.50. The van der Waals surface area contributed by atoms with E-state index in [1.807, 2.05) is 19.9 Å². The summed E-state index contributed by atoms with van der Waals surface area (Å²) in [7, 11) is 1.68. The number of likely N-dealkylation sites (tertiary alicyclic amines) is 1. The van der Waals surface area contributed by atoms with Crippen molar-refractivity contribution in [1.82, 2.24) is 10.2 Å². The van der Waals surface area contributed by atoms with Gasteiger partial charge in [-0.2, -0.15) is 0 Å². The number of piperidine rings is 1. The summed E-state index contributed by atoms with van der Waals surface area (Å²) in [4.78, 5) is 15.0. The number of nitrogens with one attached hydrogen (secondary N) is 1. The van der Waals surface area contributed by atoms with Gasteiger partial charge in [0.25, 0.3) is 0 Å². The van der Waals surface area contributed by atoms with Gasteiger partial charge in [-0.25, -0.2) is 0 Å². The van der Waals surface area contributed by atoms with Gasteiger partial charge in [-0.1, -0.05) is 37.3 Å². The average Bonchev–Trinajstić information content (AvgIpc) is 2.56. The molecule has 1 saturated heterocycles. The standard InChI is InChI=1S/C19H30N2O2/c1-18(2,23-4)15-20-17(22)19(3)10-12-21(13-11-19)14-16-8-6-5-7-9-16/h5-9H,10-15H2,1-4H3,(H,20,22). The van der Waals surface area contributed by atoms with Crippen LogP contribution in [0, 0.1) is 5.41 Å². The van der Waals surface area contributed by atoms with Crippen LogP contribution in [0.4, 0.5) is 0 Å². The molecule has 23 heavy (non-hydrogen) atoms. The van der Waals surface area contributed by atoms with E-state index in [0.717, 1.165) is 32.5 Å². The van der Waals surface area contributed by atoms with E-state index in [2.05, 4.69) is 41.4 Å². The largest absolute Gasteiger partial charge is 0.377 e. The van der Waals surface area contributed by atoms with Crippen LogP contribution in [0.3, 0.4) is 0 Å². The van der Waals surface area contributed by atoms with Gasteiger partial charge in [0.1, 0.15) is 0 Å². The second-order valence-corrected chi connectivity index (χ2v) is 7.47. The second-order valence-electron chi connectivity index (χ2n) is 7.47. The van der Waals surface area contributed by atoms with Crippen LogP contribution < -0.4 is 5.32 Å². The van der Waals surface area contributed by atoms with Gasteiger partial charge >= 0.3 is 0 Å². The maximum Gasteiger partial charge on any atom is 0.226 e. The molecule has 1 aromatic rings. The van der Waals surface area contributed by atoms with Crippen LogP contribution in [0.1, 0.15) is 39.2 Å². The molecule has 4 heteroatoms. The van der Waals surface area contributed by atoms with Gasteiger partial charge < -0.3 is 10.1 Å². The van der Waals surface area contributed by atoms with Gasteiger partial charge in [0.2, 0.25) is 5.91 Å². The van der Waals surface area contributed by atoms with Crippen molar-refractivity contribution in [3.05, 3.63) is 35.9 Å². The molecule has 4 nitrogen and oxygen atoms in total. The maximum atomic E-state index is 12.6. The molecule has 0 aromatic heterocycles. The molecule has 1 fully saturated rings. The first-order valence-electron chi connectivity index (χ1n) is 8.44. The highest BCUT2D eigenvalue weighted by Crippen LogP contribution is 2.31. The summed E-state index contributed by atoms with van der Waals surface area (Å²) in [5, 5.41) is 3.07. The van der Waals surface area contributed by atoms with E-state index in [0.29, 0.717) is 6.54 Å². The quantitative estimate of drug-likeness (QED) is 0.877. The lowest BCUT2D eigenvalue weighted by atomic mass is 9.79. The Balaban J connectivity index is 1.83. The molecule has 0 spiro atoms. The highest BCUT2D eigenvalue weighted by molar-refractivity contribution is 5.82. The summed E-state index contributed by atoms with van der Waals surface area (Å²) in [6.45, 7) is 9.50. The fraction of sp³-hybridized carbons (Fsp3) is 0.632. The monoisotopic (exact) mass is 318 g/mol. The molecule has 1 aromatic carbocycles. The van der Waals surface area contributed by atoms with Gasteiger partial charge in [0, 0.05) is 25.6 Å². The average molecular weight is 318 g/mol. The van der Waals surface area contributed by atoms with Crippen LogP contribution in [0.25, 0.3) is 0 Å². The Morgan fingerprint density at radius 2 is 1.87 bits per heavy atom. The molecule has 1 aliphatic rings. The molecular formula is C19H30N2O2. The summed E-state index contributed by atoms with van der Waals surface area (Å²) in [6.07, 6.45) is 1.80. The maximum absolute atomic E-state index is 12.6. The topological polar surface area (TPSA) is 41.6 Å². The highest BCUT2D eigenvalue weighted by Gasteiger charge is 2.37. The van der Waals surface area contributed by atoms with Crippen molar-refractivity contribution >= 4 is 5.91 Å². The molecule has 0 radical (unpaired) electrons. The minimum atomic E-state index is -0.319. The lowest BCUT2D eigenvalue weighted by molar-refractivity contribution is -0.134. The molecule has 0 unspecified atom stereocenters. The summed E-state index contributed by atoms with van der Waals surface area (Å²) in [6, 6.07) is 10.5. The van der Waals surface area contributed by atoms with E-state index >= 15 is 0 Å². The number of rotatable bonds is 6. The molecule has 0 saturated carbocycles. The number of carbonyl (C=O) groups excluding carboxylic acids is 1. The van der Waals surface area contributed by atoms with Crippen LogP contribution in [0.15, 0.2) is 30.3 Å². The first-order chi connectivity index (χ1) is 10.8. The Kier molecular flexibility index (Phi) is 5.82. The van der Waals surface area contributed by atoms with Crippen LogP contribution >= 0.6 is 0 Å². The van der Waals surface area contributed by atoms with E-state index in [4.69, 9.17) is 4.74 Å². The number of hydrogen-bond acceptors (Lipinski definition) is 3. The van der Waals surface area contributed by atoms with Crippen LogP contribution in [0.5, 0.6) is 0 Å². The molecular weight excluding hydrogens is 288 g/mol. The Morgan fingerprint density at radius 3 is 2.43 bits per heavy atom. The number of benzene rings is 1. The molecule has 0 atom stereocenters. The summed E-state index contributed by atoms with van der Waals surface area (Å²) in [5.41, 5.74) is 0.749. The van der Waals surface area contributed by atoms with Gasteiger partial charge in [-0.3, -0.25) is 9.69 Å². The summed E-state index contributed by atoms with van der Waals surface area (Å²) in [5.74, 6) is 0.155. The number of amides is 1. The molecule has 1 aliphatic heterocycles. The predicted octanol–water partition coefficient (Wildman–Crippen LogP) is 2.83. The van der Waals surface area contributed by atoms with Crippen molar-refractivity contribution in [3.63, 3.8) is 0 Å². The molecule has 1 N–H and O–H groups in total. The SMILES string of the molecule is COC(C)(C)CNC(=O)C1(C)CCN(Cc2ccccc2)CC1. The first-order valence-corrected chi connectivity index (χ1v) is 8.44. The van der Waals surface area contributed by atoms with Crippen LogP contribution in [-0.4, -0.2) is 43.2 Å². The van der Waals surface area contributed by atoms with E-state index < -0.39 is 0 Å². The fourth-order valence-electron chi connectivity index (χ4n) is 2.85. The van der Waals surface area contributed by atoms with E-state index in [1.165, 1.54) is 5.56 Å². The zero-order valence-electron chi connectivity index (χ0n) is 14.9. The number of ether oxygens (including phenoxy) is 1. The highest BCUT2D eigenvalue weighted by atomic mass is 16.5. The van der Waals surface area contributed by atoms with Crippen molar-refractivity contribution in [2.45, 2.75) is 45.8 Å². The van der Waals surface area contributed by atoms with Crippen LogP contribution in [0.2, 0.25) is 0 Å². The molecule has 0 aliphatic carbocycles. The summed E-state index contributed by atoms with van der Waals surface area (Å²) >= 11 is 0. The third-order valence-electron chi connectivity index (χ3n) is 4.98. The third-order valence-corrected chi connectivity index (χ3v) is 4.98. The van der Waals surface area contributed by atoms with Crippen molar-refractivity contribution in [2.75, 3.05) is 26.7 Å². The first kappa shape index (κ1) is 18.0. The zero-order valence-corrected chi connectivity index (χ0v) is 14.9. The Hall–Kier alpha value is -1.39. The molecule has 0 bridgehead atoms. The van der Waals surface area contributed by atoms with Gasteiger partial charge in [-0.05, 0) is 45.3 Å². The number of carbonyl (C=O) groups is 1. The smallest absolute Gasteiger partial charge is 0.226 e. The molecule has 1 amide bonds. The van der Waals surface area contributed by atoms with Crippen molar-refractivity contribution in [3.8, 4) is 0 Å².